The van der Waals surface area contributed by atoms with Gasteiger partial charge in [0.05, 0.1) is 22.8 Å². The first-order valence-corrected chi connectivity index (χ1v) is 12.3. The van der Waals surface area contributed by atoms with Gasteiger partial charge in [-0.3, -0.25) is 9.69 Å². The van der Waals surface area contributed by atoms with Gasteiger partial charge >= 0.3 is 12.1 Å². The molecule has 4 rings (SSSR count). The van der Waals surface area contributed by atoms with Gasteiger partial charge in [-0.25, -0.2) is 4.79 Å². The Morgan fingerprint density at radius 1 is 1.11 bits per heavy atom. The summed E-state index contributed by atoms with van der Waals surface area (Å²) in [6, 6.07) is 12.6. The molecule has 0 atom stereocenters. The maximum atomic E-state index is 13.1. The predicted molar refractivity (Wildman–Crippen MR) is 134 cm³/mol. The van der Waals surface area contributed by atoms with Crippen LogP contribution < -0.4 is 14.4 Å². The number of thiocarbonyl (C=S) groups is 1. The summed E-state index contributed by atoms with van der Waals surface area (Å²) in [5.74, 6) is -0.528. The van der Waals surface area contributed by atoms with Crippen molar-refractivity contribution in [2.75, 3.05) is 11.5 Å². The van der Waals surface area contributed by atoms with E-state index in [9.17, 15) is 22.8 Å². The van der Waals surface area contributed by atoms with Gasteiger partial charge in [0.15, 0.2) is 15.8 Å². The fourth-order valence-corrected chi connectivity index (χ4v) is 5.07. The minimum Gasteiger partial charge on any atom is -0.490 e. The number of rotatable bonds is 6. The van der Waals surface area contributed by atoms with Gasteiger partial charge in [-0.1, -0.05) is 42.2 Å². The van der Waals surface area contributed by atoms with Crippen LogP contribution in [-0.4, -0.2) is 22.8 Å². The zero-order valence-corrected chi connectivity index (χ0v) is 20.4. The molecule has 0 saturated carbocycles. The summed E-state index contributed by atoms with van der Waals surface area (Å²) in [5, 5.41) is 1.76. The smallest absolute Gasteiger partial charge is 0.416 e. The van der Waals surface area contributed by atoms with Crippen LogP contribution in [0.3, 0.4) is 0 Å². The summed E-state index contributed by atoms with van der Waals surface area (Å²) in [5.41, 5.74) is -0.271. The van der Waals surface area contributed by atoms with Crippen LogP contribution in [0.25, 0.3) is 6.08 Å². The Labute approximate surface area is 212 Å². The summed E-state index contributed by atoms with van der Waals surface area (Å²) < 4.78 is 50.5. The minimum absolute atomic E-state index is 0.0385. The lowest BCUT2D eigenvalue weighted by atomic mass is 10.1. The molecule has 1 aliphatic heterocycles. The number of hydrogen-bond donors (Lipinski definition) is 0. The van der Waals surface area contributed by atoms with Crippen LogP contribution in [0.5, 0.6) is 11.5 Å². The molecule has 0 spiro atoms. The van der Waals surface area contributed by atoms with Crippen LogP contribution in [-0.2, 0) is 11.0 Å². The highest BCUT2D eigenvalue weighted by atomic mass is 32.2. The lowest BCUT2D eigenvalue weighted by molar-refractivity contribution is -0.137. The Kier molecular flexibility index (Phi) is 7.29. The van der Waals surface area contributed by atoms with E-state index in [4.69, 9.17) is 21.7 Å². The van der Waals surface area contributed by atoms with Gasteiger partial charge in [-0.2, -0.15) is 13.2 Å². The maximum Gasteiger partial charge on any atom is 0.416 e. The van der Waals surface area contributed by atoms with E-state index in [2.05, 4.69) is 0 Å². The van der Waals surface area contributed by atoms with Crippen molar-refractivity contribution in [2.24, 2.45) is 0 Å². The number of hydrogen-bond acceptors (Lipinski definition) is 7. The Morgan fingerprint density at radius 2 is 1.91 bits per heavy atom. The van der Waals surface area contributed by atoms with Crippen LogP contribution in [0.1, 0.15) is 27.7 Å². The normalized spacial score (nSPS) is 15.1. The topological polar surface area (TPSA) is 55.8 Å². The van der Waals surface area contributed by atoms with E-state index in [0.29, 0.717) is 22.8 Å². The van der Waals surface area contributed by atoms with Crippen LogP contribution in [0, 0.1) is 0 Å². The molecule has 0 N–H and O–H groups in total. The molecule has 0 radical (unpaired) electrons. The summed E-state index contributed by atoms with van der Waals surface area (Å²) in [6.07, 6.45) is -2.99. The average molecular weight is 536 g/mol. The Bertz CT molecular complexity index is 1320. The second-order valence-electron chi connectivity index (χ2n) is 7.07. The summed E-state index contributed by atoms with van der Waals surface area (Å²) in [4.78, 5) is 27.1. The second kappa shape index (κ2) is 10.2. The zero-order chi connectivity index (χ0) is 25.2. The third-order valence-corrected chi connectivity index (χ3v) is 6.87. The number of alkyl halides is 3. The minimum atomic E-state index is -4.55. The van der Waals surface area contributed by atoms with Gasteiger partial charge in [-0.15, -0.1) is 11.3 Å². The van der Waals surface area contributed by atoms with E-state index in [1.54, 1.807) is 48.7 Å². The fourth-order valence-electron chi connectivity index (χ4n) is 3.17. The molecule has 2 heterocycles. The number of benzene rings is 2. The van der Waals surface area contributed by atoms with Crippen molar-refractivity contribution < 1.29 is 32.2 Å². The van der Waals surface area contributed by atoms with Crippen LogP contribution >= 0.6 is 35.3 Å². The van der Waals surface area contributed by atoms with Crippen LogP contribution in [0.2, 0.25) is 0 Å². The highest BCUT2D eigenvalue weighted by Gasteiger charge is 2.36. The maximum absolute atomic E-state index is 13.1. The predicted octanol–water partition coefficient (Wildman–Crippen LogP) is 6.79. The summed E-state index contributed by atoms with van der Waals surface area (Å²) in [7, 11) is 0. The number of nitrogens with zero attached hydrogens (tertiary/aromatic N) is 1. The first-order valence-electron chi connectivity index (χ1n) is 10.1. The molecule has 35 heavy (non-hydrogen) atoms. The number of carbonyl (C=O) groups is 2. The molecule has 180 valence electrons. The molecule has 5 nitrogen and oxygen atoms in total. The van der Waals surface area contributed by atoms with E-state index < -0.39 is 23.6 Å². The number of thioether (sulfide) groups is 1. The van der Waals surface area contributed by atoms with Gasteiger partial charge in [-0.05, 0) is 60.3 Å². The number of halogens is 3. The van der Waals surface area contributed by atoms with Crippen molar-refractivity contribution in [1.82, 2.24) is 0 Å². The molecule has 1 aliphatic rings. The second-order valence-corrected chi connectivity index (χ2v) is 9.69. The third-order valence-electron chi connectivity index (χ3n) is 4.72. The molecular formula is C24H16F3NO4S3. The molecule has 1 fully saturated rings. The first-order chi connectivity index (χ1) is 16.7. The van der Waals surface area contributed by atoms with Gasteiger partial charge in [0.2, 0.25) is 0 Å². The standard InChI is InChI=1S/C24H16F3NO4S3/c1-2-31-18-11-14(8-9-17(18)32-22(30)19-7-4-10-34-19)12-20-21(29)28(23(33)35-20)16-6-3-5-15(13-16)24(25,26)27/h3-13H,2H2,1H3/b20-12-. The molecule has 1 aromatic heterocycles. The van der Waals surface area contributed by atoms with Gasteiger partial charge in [0.25, 0.3) is 5.91 Å². The highest BCUT2D eigenvalue weighted by molar-refractivity contribution is 8.27. The first kappa shape index (κ1) is 25.0. The Morgan fingerprint density at radius 3 is 2.60 bits per heavy atom. The lowest BCUT2D eigenvalue weighted by Crippen LogP contribution is -2.27. The van der Waals surface area contributed by atoms with E-state index in [-0.39, 0.29) is 20.7 Å². The van der Waals surface area contributed by atoms with Gasteiger partial charge in [0, 0.05) is 0 Å². The molecule has 2 aromatic carbocycles. The van der Waals surface area contributed by atoms with E-state index in [1.165, 1.54) is 23.5 Å². The SMILES string of the molecule is CCOc1cc(/C=C2\SC(=S)N(c3cccc(C(F)(F)F)c3)C2=O)ccc1OC(=O)c1cccs1. The number of carbonyl (C=O) groups excluding carboxylic acids is 2. The quantitative estimate of drug-likeness (QED) is 0.150. The Balaban J connectivity index is 1.59. The molecule has 1 amide bonds. The van der Waals surface area contributed by atoms with Crippen LogP contribution in [0.15, 0.2) is 64.9 Å². The van der Waals surface area contributed by atoms with Crippen molar-refractivity contribution in [1.29, 1.82) is 0 Å². The lowest BCUT2D eigenvalue weighted by Gasteiger charge is -2.16. The van der Waals surface area contributed by atoms with E-state index in [1.807, 2.05) is 0 Å². The molecule has 3 aromatic rings. The number of esters is 1. The summed E-state index contributed by atoms with van der Waals surface area (Å²) in [6.45, 7) is 2.09. The molecule has 0 bridgehead atoms. The number of ether oxygens (including phenoxy) is 2. The molecular weight excluding hydrogens is 519 g/mol. The monoisotopic (exact) mass is 535 g/mol. The molecule has 0 aliphatic carbocycles. The molecule has 0 unspecified atom stereocenters. The largest absolute Gasteiger partial charge is 0.490 e. The fraction of sp³-hybridized carbons (Fsp3) is 0.125. The van der Waals surface area contributed by atoms with Gasteiger partial charge < -0.3 is 9.47 Å². The molecule has 1 saturated heterocycles. The van der Waals surface area contributed by atoms with Crippen LogP contribution in [0.4, 0.5) is 18.9 Å². The zero-order valence-electron chi connectivity index (χ0n) is 18.0. The van der Waals surface area contributed by atoms with Crippen molar-refractivity contribution in [2.45, 2.75) is 13.1 Å². The van der Waals surface area contributed by atoms with Crippen molar-refractivity contribution in [3.63, 3.8) is 0 Å². The van der Waals surface area contributed by atoms with E-state index >= 15 is 0 Å². The average Bonchev–Trinajstić information content (AvgIpc) is 3.44. The number of thiophene rings is 1. The van der Waals surface area contributed by atoms with Crippen molar-refractivity contribution in [3.8, 4) is 11.5 Å². The third kappa shape index (κ3) is 5.58. The van der Waals surface area contributed by atoms with Crippen molar-refractivity contribution in [3.05, 3.63) is 80.9 Å². The number of anilines is 1. The van der Waals surface area contributed by atoms with E-state index in [0.717, 1.165) is 28.8 Å². The van der Waals surface area contributed by atoms with Crippen molar-refractivity contribution >= 4 is 63.3 Å². The highest BCUT2D eigenvalue weighted by Crippen LogP contribution is 2.39. The Hall–Kier alpha value is -3.15. The molecule has 11 heteroatoms. The summed E-state index contributed by atoms with van der Waals surface area (Å²) >= 11 is 7.50. The number of amides is 1. The van der Waals surface area contributed by atoms with Gasteiger partial charge in [0.1, 0.15) is 4.88 Å².